The van der Waals surface area contributed by atoms with Crippen molar-refractivity contribution in [2.24, 2.45) is 0 Å². The van der Waals surface area contributed by atoms with E-state index in [-0.39, 0.29) is 5.04 Å². The van der Waals surface area contributed by atoms with Crippen LogP contribution in [-0.2, 0) is 17.4 Å². The van der Waals surface area contributed by atoms with E-state index in [1.807, 2.05) is 0 Å². The van der Waals surface area contributed by atoms with Crippen LogP contribution in [0.5, 0.6) is 0 Å². The molecule has 4 nitrogen and oxygen atoms in total. The maximum Gasteiger partial charge on any atom is 0.277 e. The minimum atomic E-state index is -2.53. The van der Waals surface area contributed by atoms with Crippen LogP contribution >= 0.6 is 0 Å². The van der Waals surface area contributed by atoms with Crippen molar-refractivity contribution in [2.45, 2.75) is 51.2 Å². The number of nitrogens with zero attached hydrogens (tertiary/aromatic N) is 3. The third-order valence-corrected chi connectivity index (χ3v) is 12.0. The van der Waals surface area contributed by atoms with Gasteiger partial charge in [-0.3, -0.25) is 0 Å². The van der Waals surface area contributed by atoms with Gasteiger partial charge >= 0.3 is 0 Å². The fraction of sp³-hybridized carbons (Fsp3) is 0.310. The highest BCUT2D eigenvalue weighted by Crippen LogP contribution is 2.37. The van der Waals surface area contributed by atoms with E-state index in [4.69, 9.17) is 9.52 Å². The Kier molecular flexibility index (Phi) is 6.24. The first-order chi connectivity index (χ1) is 16.5. The van der Waals surface area contributed by atoms with Gasteiger partial charge in [0.05, 0.1) is 6.61 Å². The van der Waals surface area contributed by atoms with Crippen molar-refractivity contribution in [1.82, 2.24) is 9.78 Å². The molecule has 0 amide bonds. The lowest BCUT2D eigenvalue weighted by Gasteiger charge is -2.43. The SMILES string of the molecule is CC(C)(C)[Si](OC[C@@H]1CCc2nn(Cc3ccccc3)c[n+]21)(c1ccccc1)c1ccccc1. The van der Waals surface area contributed by atoms with Crippen molar-refractivity contribution in [3.05, 3.63) is 109 Å². The second-order valence-electron chi connectivity index (χ2n) is 10.3. The smallest absolute Gasteiger partial charge is 0.277 e. The van der Waals surface area contributed by atoms with Crippen LogP contribution in [0.25, 0.3) is 0 Å². The van der Waals surface area contributed by atoms with Crippen LogP contribution in [-0.4, -0.2) is 24.7 Å². The summed E-state index contributed by atoms with van der Waals surface area (Å²) in [7, 11) is -2.53. The lowest BCUT2D eigenvalue weighted by Crippen LogP contribution is -2.67. The molecule has 174 valence electrons. The summed E-state index contributed by atoms with van der Waals surface area (Å²) in [5.41, 5.74) is 1.27. The highest BCUT2D eigenvalue weighted by Gasteiger charge is 2.51. The monoisotopic (exact) mass is 468 g/mol. The largest absolute Gasteiger partial charge is 0.404 e. The zero-order chi connectivity index (χ0) is 23.6. The van der Waals surface area contributed by atoms with Gasteiger partial charge < -0.3 is 4.43 Å². The Labute approximate surface area is 204 Å². The van der Waals surface area contributed by atoms with E-state index in [0.29, 0.717) is 12.6 Å². The molecule has 0 bridgehead atoms. The van der Waals surface area contributed by atoms with Crippen LogP contribution in [0.3, 0.4) is 0 Å². The molecule has 1 aliphatic heterocycles. The number of rotatable bonds is 7. The molecule has 0 N–H and O–H groups in total. The molecule has 34 heavy (non-hydrogen) atoms. The van der Waals surface area contributed by atoms with Gasteiger partial charge in [0.1, 0.15) is 12.6 Å². The van der Waals surface area contributed by atoms with E-state index in [9.17, 15) is 0 Å². The van der Waals surface area contributed by atoms with E-state index in [0.717, 1.165) is 25.2 Å². The number of benzene rings is 3. The molecule has 0 unspecified atom stereocenters. The van der Waals surface area contributed by atoms with Crippen molar-refractivity contribution in [2.75, 3.05) is 6.61 Å². The van der Waals surface area contributed by atoms with E-state index >= 15 is 0 Å². The average Bonchev–Trinajstić information content (AvgIpc) is 3.41. The molecule has 0 spiro atoms. The highest BCUT2D eigenvalue weighted by atomic mass is 28.4. The molecule has 0 aliphatic carbocycles. The number of hydrogen-bond acceptors (Lipinski definition) is 2. The molecule has 2 heterocycles. The standard InChI is InChI=1S/C29H34N3OSi/c1-29(2,3)34(26-15-9-5-10-16-26,27-17-11-6-12-18-27)33-22-25-19-20-28-30-31(23-32(25)28)21-24-13-7-4-8-14-24/h4-18,23,25H,19-22H2,1-3H3/q+1/t25-/m0/s1. The Bertz CT molecular complexity index is 1180. The summed E-state index contributed by atoms with van der Waals surface area (Å²) in [6, 6.07) is 32.6. The van der Waals surface area contributed by atoms with Crippen LogP contribution < -0.4 is 14.9 Å². The number of hydrogen-bond donors (Lipinski definition) is 0. The van der Waals surface area contributed by atoms with Crippen molar-refractivity contribution < 1.29 is 8.99 Å². The van der Waals surface area contributed by atoms with E-state index in [2.05, 4.69) is 127 Å². The third kappa shape index (κ3) is 4.26. The number of aryl methyl sites for hydroxylation is 1. The van der Waals surface area contributed by atoms with Gasteiger partial charge in [-0.05, 0) is 27.4 Å². The lowest BCUT2D eigenvalue weighted by atomic mass is 10.2. The van der Waals surface area contributed by atoms with Gasteiger partial charge in [-0.15, -0.1) is 4.68 Å². The quantitative estimate of drug-likeness (QED) is 0.299. The van der Waals surface area contributed by atoms with Crippen LogP contribution in [0.4, 0.5) is 0 Å². The molecule has 1 aromatic heterocycles. The predicted molar refractivity (Wildman–Crippen MR) is 139 cm³/mol. The van der Waals surface area contributed by atoms with Crippen molar-refractivity contribution in [1.29, 1.82) is 0 Å². The molecule has 4 aromatic rings. The number of fused-ring (bicyclic) bond motifs is 1. The molecule has 3 aromatic carbocycles. The summed E-state index contributed by atoms with van der Waals surface area (Å²) in [6.45, 7) is 8.50. The summed E-state index contributed by atoms with van der Waals surface area (Å²) in [6.07, 6.45) is 4.25. The van der Waals surface area contributed by atoms with Gasteiger partial charge in [0.15, 0.2) is 0 Å². The zero-order valence-corrected chi connectivity index (χ0v) is 21.4. The molecule has 5 rings (SSSR count). The van der Waals surface area contributed by atoms with Gasteiger partial charge in [-0.2, -0.15) is 0 Å². The van der Waals surface area contributed by atoms with Crippen molar-refractivity contribution >= 4 is 18.7 Å². The minimum absolute atomic E-state index is 0.0146. The normalized spacial score (nSPS) is 15.9. The van der Waals surface area contributed by atoms with Crippen molar-refractivity contribution in [3.8, 4) is 0 Å². The van der Waals surface area contributed by atoms with Crippen LogP contribution in [0.2, 0.25) is 5.04 Å². The lowest BCUT2D eigenvalue weighted by molar-refractivity contribution is -0.718. The second kappa shape index (κ2) is 9.32. The Hall–Kier alpha value is -3.02. The highest BCUT2D eigenvalue weighted by molar-refractivity contribution is 6.99. The minimum Gasteiger partial charge on any atom is -0.404 e. The Morgan fingerprint density at radius 1 is 0.882 bits per heavy atom. The zero-order valence-electron chi connectivity index (χ0n) is 20.4. The Morgan fingerprint density at radius 3 is 2.00 bits per heavy atom. The average molecular weight is 469 g/mol. The van der Waals surface area contributed by atoms with E-state index in [1.165, 1.54) is 15.9 Å². The molecule has 0 saturated heterocycles. The van der Waals surface area contributed by atoms with Crippen LogP contribution in [0.15, 0.2) is 97.3 Å². The van der Waals surface area contributed by atoms with Crippen LogP contribution in [0, 0.1) is 0 Å². The molecule has 0 saturated carbocycles. The molecular weight excluding hydrogens is 434 g/mol. The number of aromatic nitrogens is 3. The summed E-state index contributed by atoms with van der Waals surface area (Å²) >= 11 is 0. The maximum absolute atomic E-state index is 7.22. The van der Waals surface area contributed by atoms with Crippen LogP contribution in [0.1, 0.15) is 44.6 Å². The summed E-state index contributed by atoms with van der Waals surface area (Å²) in [5, 5.41) is 7.53. The molecular formula is C29H34N3OSi+. The topological polar surface area (TPSA) is 30.9 Å². The maximum atomic E-state index is 7.22. The molecule has 0 fully saturated rings. The fourth-order valence-electron chi connectivity index (χ4n) is 5.35. The first-order valence-electron chi connectivity index (χ1n) is 12.2. The van der Waals surface area contributed by atoms with Gasteiger partial charge in [0, 0.05) is 11.5 Å². The Balaban J connectivity index is 1.44. The molecule has 5 heteroatoms. The van der Waals surface area contributed by atoms with E-state index in [1.54, 1.807) is 0 Å². The van der Waals surface area contributed by atoms with E-state index < -0.39 is 8.32 Å². The third-order valence-electron chi connectivity index (χ3n) is 6.99. The first-order valence-corrected chi connectivity index (χ1v) is 14.1. The Morgan fingerprint density at radius 2 is 1.44 bits per heavy atom. The van der Waals surface area contributed by atoms with Gasteiger partial charge in [0.25, 0.3) is 14.1 Å². The summed E-state index contributed by atoms with van der Waals surface area (Å²) in [4.78, 5) is 0. The molecule has 0 radical (unpaired) electrons. The summed E-state index contributed by atoms with van der Waals surface area (Å²) < 4.78 is 11.6. The van der Waals surface area contributed by atoms with Gasteiger partial charge in [-0.25, -0.2) is 4.57 Å². The van der Waals surface area contributed by atoms with Crippen molar-refractivity contribution in [3.63, 3.8) is 0 Å². The first kappa shape index (κ1) is 22.8. The van der Waals surface area contributed by atoms with Gasteiger partial charge in [-0.1, -0.05) is 112 Å². The fourth-order valence-corrected chi connectivity index (χ4v) is 9.95. The molecule has 1 aliphatic rings. The molecule has 1 atom stereocenters. The summed E-state index contributed by atoms with van der Waals surface area (Å²) in [5.74, 6) is 1.16. The van der Waals surface area contributed by atoms with Gasteiger partial charge in [0.2, 0.25) is 6.33 Å². The predicted octanol–water partition coefficient (Wildman–Crippen LogP) is 4.28. The second-order valence-corrected chi connectivity index (χ2v) is 14.6.